The summed E-state index contributed by atoms with van der Waals surface area (Å²) in [6.07, 6.45) is 2.97. The quantitative estimate of drug-likeness (QED) is 0.424. The van der Waals surface area contributed by atoms with Gasteiger partial charge in [0.15, 0.2) is 5.16 Å². The maximum absolute atomic E-state index is 12.8. The molecule has 0 aliphatic carbocycles. The predicted molar refractivity (Wildman–Crippen MR) is 129 cm³/mol. The van der Waals surface area contributed by atoms with E-state index in [1.54, 1.807) is 0 Å². The predicted octanol–water partition coefficient (Wildman–Crippen LogP) is 3.60. The van der Waals surface area contributed by atoms with Gasteiger partial charge in [0.1, 0.15) is 6.54 Å². The molecule has 170 valence electrons. The second-order valence-electron chi connectivity index (χ2n) is 8.13. The van der Waals surface area contributed by atoms with Crippen LogP contribution in [0.5, 0.6) is 0 Å². The lowest BCUT2D eigenvalue weighted by atomic mass is 10.1. The largest absolute Gasteiger partial charge is 0.341 e. The number of rotatable bonds is 7. The zero-order valence-electron chi connectivity index (χ0n) is 18.5. The van der Waals surface area contributed by atoms with Gasteiger partial charge in [-0.25, -0.2) is 0 Å². The molecule has 4 aromatic rings. The van der Waals surface area contributed by atoms with Crippen LogP contribution < -0.4 is 5.32 Å². The number of carbonyl (C=O) groups is 2. The number of aryl methyl sites for hydroxylation is 1. The van der Waals surface area contributed by atoms with Crippen LogP contribution in [0.4, 0.5) is 5.69 Å². The zero-order chi connectivity index (χ0) is 22.8. The number of nitrogens with one attached hydrogen (secondary N) is 1. The standard InChI is InChI=1S/C24H26N6O2S/c1-2-17-9-3-4-10-18(17)25-21(31)16-33-24-27-26-23-29(15-22(32)28-13-7-8-14-28)19-11-5-6-12-20(19)30(23)24/h3-6,9-12H,2,7-8,13-16H2,1H3,(H,25,31). The highest BCUT2D eigenvalue weighted by atomic mass is 32.2. The highest BCUT2D eigenvalue weighted by molar-refractivity contribution is 7.99. The Morgan fingerprint density at radius 2 is 1.73 bits per heavy atom. The smallest absolute Gasteiger partial charge is 0.242 e. The molecule has 1 saturated heterocycles. The van der Waals surface area contributed by atoms with Crippen molar-refractivity contribution in [3.8, 4) is 0 Å². The van der Waals surface area contributed by atoms with Crippen molar-refractivity contribution < 1.29 is 9.59 Å². The van der Waals surface area contributed by atoms with Crippen LogP contribution in [0, 0.1) is 0 Å². The first-order chi connectivity index (χ1) is 16.2. The number of hydrogen-bond acceptors (Lipinski definition) is 5. The Bertz CT molecular complexity index is 1320. The molecule has 2 aromatic carbocycles. The molecule has 1 aliphatic rings. The van der Waals surface area contributed by atoms with Crippen molar-refractivity contribution in [1.29, 1.82) is 0 Å². The third kappa shape index (κ3) is 4.20. The maximum atomic E-state index is 12.8. The van der Waals surface area contributed by atoms with E-state index in [0.29, 0.717) is 10.9 Å². The van der Waals surface area contributed by atoms with Crippen molar-refractivity contribution in [3.05, 3.63) is 54.1 Å². The Balaban J connectivity index is 1.38. The Morgan fingerprint density at radius 1 is 1.00 bits per heavy atom. The molecule has 9 heteroatoms. The van der Waals surface area contributed by atoms with Gasteiger partial charge in [0.2, 0.25) is 17.6 Å². The van der Waals surface area contributed by atoms with Crippen molar-refractivity contribution >= 4 is 46.1 Å². The SMILES string of the molecule is CCc1ccccc1NC(=O)CSc1nnc2n(CC(=O)N3CCCC3)c3ccccc3n12. The van der Waals surface area contributed by atoms with Crippen molar-refractivity contribution in [2.75, 3.05) is 24.2 Å². The zero-order valence-corrected chi connectivity index (χ0v) is 19.3. The van der Waals surface area contributed by atoms with E-state index in [-0.39, 0.29) is 24.1 Å². The number of thioether (sulfide) groups is 1. The van der Waals surface area contributed by atoms with Crippen molar-refractivity contribution in [2.45, 2.75) is 37.9 Å². The maximum Gasteiger partial charge on any atom is 0.242 e. The second-order valence-corrected chi connectivity index (χ2v) is 9.07. The highest BCUT2D eigenvalue weighted by Gasteiger charge is 2.23. The summed E-state index contributed by atoms with van der Waals surface area (Å²) in [5.41, 5.74) is 3.80. The molecule has 0 saturated carbocycles. The van der Waals surface area contributed by atoms with E-state index in [4.69, 9.17) is 0 Å². The van der Waals surface area contributed by atoms with Gasteiger partial charge < -0.3 is 10.2 Å². The van der Waals surface area contributed by atoms with Crippen LogP contribution in [0.25, 0.3) is 16.8 Å². The Kier molecular flexibility index (Phi) is 6.04. The summed E-state index contributed by atoms with van der Waals surface area (Å²) < 4.78 is 3.86. The molecule has 1 N–H and O–H groups in total. The molecular weight excluding hydrogens is 436 g/mol. The van der Waals surface area contributed by atoms with Crippen molar-refractivity contribution in [3.63, 3.8) is 0 Å². The molecule has 8 nitrogen and oxygen atoms in total. The first-order valence-electron chi connectivity index (χ1n) is 11.3. The van der Waals surface area contributed by atoms with Crippen molar-refractivity contribution in [1.82, 2.24) is 24.1 Å². The summed E-state index contributed by atoms with van der Waals surface area (Å²) in [5, 5.41) is 12.3. The number of aromatic nitrogens is 4. The molecule has 0 unspecified atom stereocenters. The van der Waals surface area contributed by atoms with Crippen LogP contribution in [-0.2, 0) is 22.6 Å². The average molecular weight is 463 g/mol. The lowest BCUT2D eigenvalue weighted by Gasteiger charge is -2.15. The van der Waals surface area contributed by atoms with Gasteiger partial charge >= 0.3 is 0 Å². The fourth-order valence-corrected chi connectivity index (χ4v) is 5.10. The number of hydrogen-bond donors (Lipinski definition) is 1. The van der Waals surface area contributed by atoms with Gasteiger partial charge in [-0.2, -0.15) is 0 Å². The molecule has 3 heterocycles. The summed E-state index contributed by atoms with van der Waals surface area (Å²) in [4.78, 5) is 27.4. The number of carbonyl (C=O) groups excluding carboxylic acids is 2. The van der Waals surface area contributed by atoms with Crippen LogP contribution in [0.3, 0.4) is 0 Å². The minimum Gasteiger partial charge on any atom is -0.341 e. The minimum atomic E-state index is -0.0920. The number of anilines is 1. The Morgan fingerprint density at radius 3 is 2.52 bits per heavy atom. The van der Waals surface area contributed by atoms with Crippen LogP contribution in [0.2, 0.25) is 0 Å². The van der Waals surface area contributed by atoms with E-state index in [9.17, 15) is 9.59 Å². The molecule has 0 bridgehead atoms. The molecule has 2 amide bonds. The van der Waals surface area contributed by atoms with Gasteiger partial charge in [-0.3, -0.25) is 18.6 Å². The minimum absolute atomic E-state index is 0.0920. The van der Waals surface area contributed by atoms with Crippen LogP contribution in [0.1, 0.15) is 25.3 Å². The molecule has 1 fully saturated rings. The first-order valence-corrected chi connectivity index (χ1v) is 12.2. The number of imidazole rings is 1. The number of benzene rings is 2. The summed E-state index contributed by atoms with van der Waals surface area (Å²) in [5.74, 6) is 0.834. The molecule has 33 heavy (non-hydrogen) atoms. The van der Waals surface area contributed by atoms with Crippen LogP contribution in [-0.4, -0.2) is 54.7 Å². The van der Waals surface area contributed by atoms with Gasteiger partial charge in [-0.15, -0.1) is 10.2 Å². The summed E-state index contributed by atoms with van der Waals surface area (Å²) in [6.45, 7) is 3.93. The van der Waals surface area contributed by atoms with Crippen LogP contribution >= 0.6 is 11.8 Å². The Hall–Kier alpha value is -3.33. The van der Waals surface area contributed by atoms with E-state index in [2.05, 4.69) is 22.4 Å². The van der Waals surface area contributed by atoms with Gasteiger partial charge in [-0.1, -0.05) is 49.0 Å². The van der Waals surface area contributed by atoms with Gasteiger partial charge in [0, 0.05) is 18.8 Å². The molecule has 1 aliphatic heterocycles. The van der Waals surface area contributed by atoms with Crippen LogP contribution in [0.15, 0.2) is 53.7 Å². The summed E-state index contributed by atoms with van der Waals surface area (Å²) in [6, 6.07) is 15.7. The Labute approximate surface area is 196 Å². The fourth-order valence-electron chi connectivity index (χ4n) is 4.36. The van der Waals surface area contributed by atoms with Crippen molar-refractivity contribution in [2.24, 2.45) is 0 Å². The molecule has 5 rings (SSSR count). The topological polar surface area (TPSA) is 84.5 Å². The second kappa shape index (κ2) is 9.27. The van der Waals surface area contributed by atoms with Gasteiger partial charge in [-0.05, 0) is 43.0 Å². The molecular formula is C24H26N6O2S. The summed E-state index contributed by atoms with van der Waals surface area (Å²) in [7, 11) is 0. The molecule has 0 radical (unpaired) electrons. The third-order valence-corrected chi connectivity index (χ3v) is 6.96. The lowest BCUT2D eigenvalue weighted by Crippen LogP contribution is -2.31. The van der Waals surface area contributed by atoms with E-state index in [1.807, 2.05) is 62.4 Å². The number of para-hydroxylation sites is 3. The van der Waals surface area contributed by atoms with Gasteiger partial charge in [0.05, 0.1) is 16.8 Å². The number of nitrogens with zero attached hydrogens (tertiary/aromatic N) is 5. The molecule has 2 aromatic heterocycles. The molecule has 0 spiro atoms. The lowest BCUT2D eigenvalue weighted by molar-refractivity contribution is -0.130. The fraction of sp³-hybridized carbons (Fsp3) is 0.333. The third-order valence-electron chi connectivity index (χ3n) is 6.03. The summed E-state index contributed by atoms with van der Waals surface area (Å²) >= 11 is 1.34. The van der Waals surface area contributed by atoms with E-state index in [1.165, 1.54) is 11.8 Å². The highest BCUT2D eigenvalue weighted by Crippen LogP contribution is 2.26. The number of fused-ring (bicyclic) bond motifs is 3. The van der Waals surface area contributed by atoms with E-state index < -0.39 is 0 Å². The van der Waals surface area contributed by atoms with E-state index >= 15 is 0 Å². The monoisotopic (exact) mass is 462 g/mol. The number of amides is 2. The first kappa shape index (κ1) is 21.5. The number of likely N-dealkylation sites (tertiary alicyclic amines) is 1. The normalized spacial score (nSPS) is 13.8. The van der Waals surface area contributed by atoms with E-state index in [0.717, 1.165) is 54.6 Å². The average Bonchev–Trinajstić information content (AvgIpc) is 3.57. The molecule has 0 atom stereocenters. The van der Waals surface area contributed by atoms with Gasteiger partial charge in [0.25, 0.3) is 0 Å².